The van der Waals surface area contributed by atoms with E-state index in [1.54, 1.807) is 18.2 Å². The zero-order valence-corrected chi connectivity index (χ0v) is 12.0. The number of rotatable bonds is 3. The van der Waals surface area contributed by atoms with Crippen molar-refractivity contribution in [2.24, 2.45) is 0 Å². The normalized spacial score (nSPS) is 10.7. The Kier molecular flexibility index (Phi) is 3.52. The van der Waals surface area contributed by atoms with E-state index in [1.165, 1.54) is 0 Å². The van der Waals surface area contributed by atoms with Gasteiger partial charge in [0.1, 0.15) is 5.75 Å². The summed E-state index contributed by atoms with van der Waals surface area (Å²) in [5.74, 6) is 1.20. The van der Waals surface area contributed by atoms with Crippen LogP contribution < -0.4 is 0 Å². The van der Waals surface area contributed by atoms with E-state index in [9.17, 15) is 5.11 Å². The van der Waals surface area contributed by atoms with E-state index in [0.29, 0.717) is 18.1 Å². The number of phenols is 1. The predicted molar refractivity (Wildman–Crippen MR) is 78.3 cm³/mol. The Bertz CT molecular complexity index is 740. The molecule has 1 heterocycles. The van der Waals surface area contributed by atoms with Gasteiger partial charge < -0.3 is 9.63 Å². The van der Waals surface area contributed by atoms with Gasteiger partial charge in [-0.1, -0.05) is 45.4 Å². The third kappa shape index (κ3) is 2.88. The van der Waals surface area contributed by atoms with Crippen molar-refractivity contribution in [3.8, 4) is 17.1 Å². The van der Waals surface area contributed by atoms with Crippen LogP contribution in [0.2, 0.25) is 0 Å². The maximum Gasteiger partial charge on any atom is 0.231 e. The van der Waals surface area contributed by atoms with E-state index in [-0.39, 0.29) is 5.75 Å². The monoisotopic (exact) mass is 330 g/mol. The summed E-state index contributed by atoms with van der Waals surface area (Å²) in [6, 6.07) is 14.7. The Morgan fingerprint density at radius 2 is 1.95 bits per heavy atom. The largest absolute Gasteiger partial charge is 0.508 e. The molecule has 5 heteroatoms. The van der Waals surface area contributed by atoms with Gasteiger partial charge in [-0.15, -0.1) is 0 Å². The molecule has 0 aliphatic heterocycles. The molecule has 0 amide bonds. The van der Waals surface area contributed by atoms with Crippen LogP contribution in [-0.2, 0) is 6.42 Å². The maximum atomic E-state index is 9.46. The van der Waals surface area contributed by atoms with Gasteiger partial charge in [-0.05, 0) is 29.8 Å². The van der Waals surface area contributed by atoms with Crippen LogP contribution in [0.1, 0.15) is 11.5 Å². The molecule has 1 N–H and O–H groups in total. The van der Waals surface area contributed by atoms with Crippen molar-refractivity contribution in [2.75, 3.05) is 0 Å². The zero-order valence-electron chi connectivity index (χ0n) is 10.5. The number of aromatic hydroxyl groups is 1. The molecule has 0 bridgehead atoms. The van der Waals surface area contributed by atoms with E-state index in [2.05, 4.69) is 26.1 Å². The highest BCUT2D eigenvalue weighted by Gasteiger charge is 2.09. The number of phenolic OH excluding ortho intramolecular Hbond substituents is 1. The van der Waals surface area contributed by atoms with Crippen molar-refractivity contribution < 1.29 is 9.63 Å². The first-order valence-corrected chi connectivity index (χ1v) is 6.86. The molecule has 3 aromatic rings. The number of hydrogen-bond donors (Lipinski definition) is 1. The molecule has 0 aliphatic rings. The van der Waals surface area contributed by atoms with Crippen LogP contribution in [0.25, 0.3) is 11.4 Å². The van der Waals surface area contributed by atoms with Crippen molar-refractivity contribution in [2.45, 2.75) is 6.42 Å². The molecular formula is C15H11BrN2O2. The summed E-state index contributed by atoms with van der Waals surface area (Å²) in [7, 11) is 0. The molecule has 3 rings (SSSR count). The third-order valence-corrected chi connectivity index (χ3v) is 3.31. The van der Waals surface area contributed by atoms with Gasteiger partial charge in [-0.25, -0.2) is 0 Å². The molecule has 2 aromatic carbocycles. The number of aromatic nitrogens is 2. The summed E-state index contributed by atoms with van der Waals surface area (Å²) < 4.78 is 6.26. The van der Waals surface area contributed by atoms with Crippen LogP contribution in [-0.4, -0.2) is 15.2 Å². The first kappa shape index (κ1) is 12.9. The molecule has 0 aliphatic carbocycles. The van der Waals surface area contributed by atoms with Gasteiger partial charge in [0.05, 0.1) is 6.42 Å². The minimum absolute atomic E-state index is 0.181. The molecule has 0 saturated heterocycles. The molecule has 0 atom stereocenters. The molecule has 20 heavy (non-hydrogen) atoms. The maximum absolute atomic E-state index is 9.46. The fraction of sp³-hybridized carbons (Fsp3) is 0.0667. The average molecular weight is 331 g/mol. The number of nitrogens with zero attached hydrogens (tertiary/aromatic N) is 2. The lowest BCUT2D eigenvalue weighted by Crippen LogP contribution is -1.88. The Labute approximate surface area is 124 Å². The molecule has 0 fully saturated rings. The van der Waals surface area contributed by atoms with Crippen LogP contribution >= 0.6 is 15.9 Å². The molecule has 100 valence electrons. The van der Waals surface area contributed by atoms with Crippen LogP contribution in [0, 0.1) is 0 Å². The lowest BCUT2D eigenvalue weighted by Gasteiger charge is -1.97. The average Bonchev–Trinajstić information content (AvgIpc) is 2.87. The van der Waals surface area contributed by atoms with Crippen LogP contribution in [0.4, 0.5) is 0 Å². The zero-order chi connectivity index (χ0) is 13.9. The molecule has 1 aromatic heterocycles. The highest BCUT2D eigenvalue weighted by Crippen LogP contribution is 2.21. The van der Waals surface area contributed by atoms with Crippen LogP contribution in [0.15, 0.2) is 57.5 Å². The molecule has 0 saturated carbocycles. The van der Waals surface area contributed by atoms with Gasteiger partial charge in [0.15, 0.2) is 0 Å². The Hall–Kier alpha value is -2.14. The number of halogens is 1. The summed E-state index contributed by atoms with van der Waals surface area (Å²) in [5.41, 5.74) is 1.82. The SMILES string of the molecule is Oc1cccc(-c2noc(Cc3cccc(Br)c3)n2)c1. The van der Waals surface area contributed by atoms with E-state index < -0.39 is 0 Å². The van der Waals surface area contributed by atoms with Gasteiger partial charge in [-0.3, -0.25) is 0 Å². The summed E-state index contributed by atoms with van der Waals surface area (Å²) in [6.07, 6.45) is 0.575. The highest BCUT2D eigenvalue weighted by molar-refractivity contribution is 9.10. The molecule has 0 unspecified atom stereocenters. The first-order valence-electron chi connectivity index (χ1n) is 6.07. The Morgan fingerprint density at radius 3 is 2.75 bits per heavy atom. The van der Waals surface area contributed by atoms with Crippen molar-refractivity contribution in [3.05, 3.63) is 64.5 Å². The van der Waals surface area contributed by atoms with Crippen molar-refractivity contribution in [3.63, 3.8) is 0 Å². The Morgan fingerprint density at radius 1 is 1.10 bits per heavy atom. The Balaban J connectivity index is 1.84. The van der Waals surface area contributed by atoms with E-state index in [4.69, 9.17) is 4.52 Å². The second-order valence-electron chi connectivity index (χ2n) is 4.37. The molecule has 0 radical (unpaired) electrons. The minimum Gasteiger partial charge on any atom is -0.508 e. The van der Waals surface area contributed by atoms with E-state index in [0.717, 1.165) is 15.6 Å². The van der Waals surface area contributed by atoms with Crippen LogP contribution in [0.5, 0.6) is 5.75 Å². The van der Waals surface area contributed by atoms with Gasteiger partial charge in [0.2, 0.25) is 11.7 Å². The van der Waals surface area contributed by atoms with Crippen molar-refractivity contribution in [1.82, 2.24) is 10.1 Å². The van der Waals surface area contributed by atoms with Gasteiger partial charge in [0, 0.05) is 10.0 Å². The second-order valence-corrected chi connectivity index (χ2v) is 5.28. The third-order valence-electron chi connectivity index (χ3n) is 2.82. The quantitative estimate of drug-likeness (QED) is 0.793. The highest BCUT2D eigenvalue weighted by atomic mass is 79.9. The summed E-state index contributed by atoms with van der Waals surface area (Å²) in [4.78, 5) is 4.34. The van der Waals surface area contributed by atoms with Gasteiger partial charge >= 0.3 is 0 Å². The van der Waals surface area contributed by atoms with E-state index >= 15 is 0 Å². The topological polar surface area (TPSA) is 59.2 Å². The lowest BCUT2D eigenvalue weighted by molar-refractivity contribution is 0.385. The number of hydrogen-bond acceptors (Lipinski definition) is 4. The predicted octanol–water partition coefficient (Wildman–Crippen LogP) is 3.80. The first-order chi connectivity index (χ1) is 9.70. The molecular weight excluding hydrogens is 320 g/mol. The van der Waals surface area contributed by atoms with Crippen molar-refractivity contribution >= 4 is 15.9 Å². The smallest absolute Gasteiger partial charge is 0.231 e. The van der Waals surface area contributed by atoms with Crippen LogP contribution in [0.3, 0.4) is 0 Å². The van der Waals surface area contributed by atoms with Crippen molar-refractivity contribution in [1.29, 1.82) is 0 Å². The van der Waals surface area contributed by atoms with Gasteiger partial charge in [0.25, 0.3) is 0 Å². The van der Waals surface area contributed by atoms with E-state index in [1.807, 2.05) is 30.3 Å². The van der Waals surface area contributed by atoms with Gasteiger partial charge in [-0.2, -0.15) is 4.98 Å². The summed E-state index contributed by atoms with van der Waals surface area (Å²) in [5, 5.41) is 13.4. The fourth-order valence-corrected chi connectivity index (χ4v) is 2.36. The lowest BCUT2D eigenvalue weighted by atomic mass is 10.1. The molecule has 4 nitrogen and oxygen atoms in total. The fourth-order valence-electron chi connectivity index (χ4n) is 1.91. The standard InChI is InChI=1S/C15H11BrN2O2/c16-12-5-1-3-10(7-12)8-14-17-15(18-20-14)11-4-2-6-13(19)9-11/h1-7,9,19H,8H2. The second kappa shape index (κ2) is 5.46. The number of benzene rings is 2. The molecule has 0 spiro atoms. The summed E-state index contributed by atoms with van der Waals surface area (Å²) >= 11 is 3.43. The minimum atomic E-state index is 0.181. The summed E-state index contributed by atoms with van der Waals surface area (Å²) in [6.45, 7) is 0.